The van der Waals surface area contributed by atoms with Crippen LogP contribution in [0, 0.1) is 0 Å². The lowest BCUT2D eigenvalue weighted by molar-refractivity contribution is 0.104. The fourth-order valence-electron chi connectivity index (χ4n) is 0.862. The van der Waals surface area contributed by atoms with Crippen molar-refractivity contribution in [3.8, 4) is 0 Å². The fraction of sp³-hybridized carbons (Fsp3) is 0.100. The van der Waals surface area contributed by atoms with Crippen LogP contribution >= 0.6 is 11.6 Å². The maximum atomic E-state index is 11.2. The highest BCUT2D eigenvalue weighted by atomic mass is 35.5. The van der Waals surface area contributed by atoms with E-state index >= 15 is 0 Å². The molecule has 0 aliphatic rings. The molecule has 0 aromatic heterocycles. The van der Waals surface area contributed by atoms with Crippen LogP contribution in [0.5, 0.6) is 0 Å². The van der Waals surface area contributed by atoms with Crippen LogP contribution in [-0.2, 0) is 0 Å². The van der Waals surface area contributed by atoms with Crippen molar-refractivity contribution >= 4 is 17.4 Å². The predicted octanol–water partition coefficient (Wildman–Crippen LogP) is 3.10. The Labute approximate surface area is 76.7 Å². The minimum atomic E-state index is 0.00849. The molecule has 0 N–H and O–H groups in total. The summed E-state index contributed by atoms with van der Waals surface area (Å²) in [5, 5.41) is 0.645. The van der Waals surface area contributed by atoms with E-state index in [0.717, 1.165) is 0 Å². The summed E-state index contributed by atoms with van der Waals surface area (Å²) in [6, 6.07) is 6.84. The molecule has 1 aromatic carbocycles. The third kappa shape index (κ3) is 2.21. The Morgan fingerprint density at radius 1 is 1.33 bits per heavy atom. The van der Waals surface area contributed by atoms with Gasteiger partial charge in [-0.2, -0.15) is 0 Å². The van der Waals surface area contributed by atoms with Crippen molar-refractivity contribution in [2.24, 2.45) is 0 Å². The van der Waals surface area contributed by atoms with Crippen LogP contribution in [0.25, 0.3) is 0 Å². The minimum Gasteiger partial charge on any atom is -0.289 e. The normalized spacial score (nSPS) is 10.5. The number of benzene rings is 1. The summed E-state index contributed by atoms with van der Waals surface area (Å²) in [4.78, 5) is 11.2. The van der Waals surface area contributed by atoms with Crippen molar-refractivity contribution in [1.82, 2.24) is 0 Å². The van der Waals surface area contributed by atoms with E-state index in [0.29, 0.717) is 10.6 Å². The first-order valence-electron chi connectivity index (χ1n) is 3.66. The van der Waals surface area contributed by atoms with Gasteiger partial charge in [0.15, 0.2) is 5.78 Å². The molecular formula is C10H9ClO. The second kappa shape index (κ2) is 4.07. The first-order chi connectivity index (χ1) is 5.74. The van der Waals surface area contributed by atoms with Gasteiger partial charge in [-0.15, -0.1) is 0 Å². The van der Waals surface area contributed by atoms with Gasteiger partial charge in [-0.05, 0) is 37.3 Å². The number of rotatable bonds is 2. The molecule has 12 heavy (non-hydrogen) atoms. The lowest BCUT2D eigenvalue weighted by Crippen LogP contribution is -1.92. The Hall–Kier alpha value is -1.08. The van der Waals surface area contributed by atoms with Crippen LogP contribution in [0.1, 0.15) is 17.3 Å². The molecule has 0 amide bonds. The summed E-state index contributed by atoms with van der Waals surface area (Å²) in [5.41, 5.74) is 0.664. The number of hydrogen-bond acceptors (Lipinski definition) is 1. The first-order valence-corrected chi connectivity index (χ1v) is 4.04. The van der Waals surface area contributed by atoms with Crippen LogP contribution in [-0.4, -0.2) is 5.78 Å². The number of hydrogen-bond donors (Lipinski definition) is 0. The molecule has 0 spiro atoms. The van der Waals surface area contributed by atoms with E-state index in [4.69, 9.17) is 11.6 Å². The standard InChI is InChI=1S/C10H9ClO/c1-2-3-10(12)8-4-6-9(11)7-5-8/h2-7H,1H3. The van der Waals surface area contributed by atoms with Crippen LogP contribution in [0.4, 0.5) is 0 Å². The number of ketones is 1. The molecule has 0 bridgehead atoms. The van der Waals surface area contributed by atoms with Gasteiger partial charge in [-0.25, -0.2) is 0 Å². The van der Waals surface area contributed by atoms with E-state index in [1.165, 1.54) is 6.08 Å². The Kier molecular flexibility index (Phi) is 3.06. The zero-order valence-electron chi connectivity index (χ0n) is 6.75. The number of carbonyl (C=O) groups is 1. The second-order valence-electron chi connectivity index (χ2n) is 2.37. The molecule has 0 fully saturated rings. The average Bonchev–Trinajstić information content (AvgIpc) is 2.06. The molecule has 0 unspecified atom stereocenters. The van der Waals surface area contributed by atoms with E-state index in [1.807, 2.05) is 6.92 Å². The zero-order chi connectivity index (χ0) is 8.97. The summed E-state index contributed by atoms with van der Waals surface area (Å²) in [6.07, 6.45) is 3.25. The zero-order valence-corrected chi connectivity index (χ0v) is 7.51. The van der Waals surface area contributed by atoms with E-state index in [-0.39, 0.29) is 5.78 Å². The molecule has 1 aromatic rings. The lowest BCUT2D eigenvalue weighted by Gasteiger charge is -1.94. The van der Waals surface area contributed by atoms with Gasteiger partial charge < -0.3 is 0 Å². The highest BCUT2D eigenvalue weighted by molar-refractivity contribution is 6.30. The molecule has 0 heterocycles. The van der Waals surface area contributed by atoms with Crippen LogP contribution in [0.15, 0.2) is 36.4 Å². The summed E-state index contributed by atoms with van der Waals surface area (Å²) < 4.78 is 0. The van der Waals surface area contributed by atoms with Crippen molar-refractivity contribution in [1.29, 1.82) is 0 Å². The van der Waals surface area contributed by atoms with Gasteiger partial charge in [-0.1, -0.05) is 17.7 Å². The topological polar surface area (TPSA) is 17.1 Å². The third-order valence-corrected chi connectivity index (χ3v) is 1.70. The van der Waals surface area contributed by atoms with Crippen LogP contribution in [0.3, 0.4) is 0 Å². The van der Waals surface area contributed by atoms with Gasteiger partial charge in [-0.3, -0.25) is 4.79 Å². The summed E-state index contributed by atoms with van der Waals surface area (Å²) in [7, 11) is 0. The van der Waals surface area contributed by atoms with Crippen molar-refractivity contribution in [2.75, 3.05) is 0 Å². The van der Waals surface area contributed by atoms with E-state index in [2.05, 4.69) is 0 Å². The highest BCUT2D eigenvalue weighted by Crippen LogP contribution is 2.10. The monoisotopic (exact) mass is 180 g/mol. The smallest absolute Gasteiger partial charge is 0.185 e. The Morgan fingerprint density at radius 2 is 1.92 bits per heavy atom. The molecule has 0 aliphatic heterocycles. The maximum absolute atomic E-state index is 11.2. The van der Waals surface area contributed by atoms with E-state index in [1.54, 1.807) is 30.3 Å². The van der Waals surface area contributed by atoms with E-state index < -0.39 is 0 Å². The van der Waals surface area contributed by atoms with Gasteiger partial charge in [0.25, 0.3) is 0 Å². The molecule has 0 atom stereocenters. The Bertz CT molecular complexity index is 298. The van der Waals surface area contributed by atoms with Crippen molar-refractivity contribution in [2.45, 2.75) is 6.92 Å². The molecule has 62 valence electrons. The van der Waals surface area contributed by atoms with Crippen molar-refractivity contribution in [3.05, 3.63) is 47.0 Å². The van der Waals surface area contributed by atoms with Crippen LogP contribution in [0.2, 0.25) is 5.02 Å². The number of halogens is 1. The molecular weight excluding hydrogens is 172 g/mol. The minimum absolute atomic E-state index is 0.00849. The summed E-state index contributed by atoms with van der Waals surface area (Å²) >= 11 is 5.66. The molecule has 1 rings (SSSR count). The van der Waals surface area contributed by atoms with Gasteiger partial charge in [0.2, 0.25) is 0 Å². The Morgan fingerprint density at radius 3 is 2.42 bits per heavy atom. The number of carbonyl (C=O) groups excluding carboxylic acids is 1. The largest absolute Gasteiger partial charge is 0.289 e. The molecule has 0 saturated heterocycles. The highest BCUT2D eigenvalue weighted by Gasteiger charge is 1.99. The molecule has 2 heteroatoms. The quantitative estimate of drug-likeness (QED) is 0.505. The molecule has 0 radical (unpaired) electrons. The number of allylic oxidation sites excluding steroid dienone is 2. The second-order valence-corrected chi connectivity index (χ2v) is 2.81. The van der Waals surface area contributed by atoms with Gasteiger partial charge in [0.1, 0.15) is 0 Å². The van der Waals surface area contributed by atoms with Crippen molar-refractivity contribution < 1.29 is 4.79 Å². The molecule has 0 aliphatic carbocycles. The third-order valence-electron chi connectivity index (χ3n) is 1.45. The lowest BCUT2D eigenvalue weighted by atomic mass is 10.1. The fourth-order valence-corrected chi connectivity index (χ4v) is 0.988. The Balaban J connectivity index is 2.90. The SMILES string of the molecule is CC=CC(=O)c1ccc(Cl)cc1. The van der Waals surface area contributed by atoms with Gasteiger partial charge >= 0.3 is 0 Å². The van der Waals surface area contributed by atoms with Gasteiger partial charge in [0.05, 0.1) is 0 Å². The van der Waals surface area contributed by atoms with Crippen molar-refractivity contribution in [3.63, 3.8) is 0 Å². The average molecular weight is 181 g/mol. The molecule has 1 nitrogen and oxygen atoms in total. The summed E-state index contributed by atoms with van der Waals surface area (Å²) in [5.74, 6) is 0.00849. The van der Waals surface area contributed by atoms with E-state index in [9.17, 15) is 4.79 Å². The van der Waals surface area contributed by atoms with Gasteiger partial charge in [0, 0.05) is 10.6 Å². The predicted molar refractivity (Wildman–Crippen MR) is 50.6 cm³/mol. The summed E-state index contributed by atoms with van der Waals surface area (Å²) in [6.45, 7) is 1.81. The maximum Gasteiger partial charge on any atom is 0.185 e. The first kappa shape index (κ1) is 9.01. The molecule has 0 saturated carbocycles. The van der Waals surface area contributed by atoms with Crippen LogP contribution < -0.4 is 0 Å².